The summed E-state index contributed by atoms with van der Waals surface area (Å²) in [6.45, 7) is 0. The predicted molar refractivity (Wildman–Crippen MR) is 217 cm³/mol. The number of hydrogen-bond donors (Lipinski definition) is 0. The Kier molecular flexibility index (Phi) is 6.66. The monoisotopic (exact) mass is 680 g/mol. The van der Waals surface area contributed by atoms with Gasteiger partial charge >= 0.3 is 0 Å². The number of rotatable bonds is 4. The summed E-state index contributed by atoms with van der Waals surface area (Å²) in [7, 11) is 0. The molecule has 4 nitrogen and oxygen atoms in total. The molecule has 53 heavy (non-hydrogen) atoms. The fourth-order valence-electron chi connectivity index (χ4n) is 9.62. The molecule has 11 rings (SSSR count). The fourth-order valence-corrected chi connectivity index (χ4v) is 9.62. The van der Waals surface area contributed by atoms with E-state index in [2.05, 4.69) is 178 Å². The molecular formula is C49H36N4. The summed E-state index contributed by atoms with van der Waals surface area (Å²) in [5, 5.41) is 11.7. The van der Waals surface area contributed by atoms with E-state index in [4.69, 9.17) is 0 Å². The van der Waals surface area contributed by atoms with Crippen LogP contribution in [0.5, 0.6) is 0 Å². The number of nitrogens with zero attached hydrogens (tertiary/aromatic N) is 4. The Morgan fingerprint density at radius 2 is 1.40 bits per heavy atom. The highest BCUT2D eigenvalue weighted by Crippen LogP contribution is 2.53. The van der Waals surface area contributed by atoms with Gasteiger partial charge in [-0.05, 0) is 103 Å². The first-order valence-corrected chi connectivity index (χ1v) is 18.8. The Morgan fingerprint density at radius 3 is 2.28 bits per heavy atom. The van der Waals surface area contributed by atoms with Crippen LogP contribution in [0.2, 0.25) is 0 Å². The van der Waals surface area contributed by atoms with Crippen molar-refractivity contribution in [2.24, 2.45) is 0 Å². The largest absolute Gasteiger partial charge is 0.333 e. The van der Waals surface area contributed by atoms with Gasteiger partial charge in [0.1, 0.15) is 6.07 Å². The van der Waals surface area contributed by atoms with Crippen molar-refractivity contribution in [2.75, 3.05) is 4.90 Å². The molecule has 0 spiro atoms. The van der Waals surface area contributed by atoms with Crippen molar-refractivity contribution in [3.63, 3.8) is 0 Å². The van der Waals surface area contributed by atoms with E-state index in [0.717, 1.165) is 48.0 Å². The SMILES string of the molecule is N#Cc1cc(-c2ccc(N3c4ccccc4C4c5c(c6c(n5-c5ccccc5)CCC=C6)C=CC43)cc2)ccc1-n1c2c(c3ccccc31)CCC=C2. The average Bonchev–Trinajstić information content (AvgIpc) is 3.87. The molecule has 3 aliphatic carbocycles. The second-order valence-electron chi connectivity index (χ2n) is 14.6. The summed E-state index contributed by atoms with van der Waals surface area (Å²) in [5.41, 5.74) is 18.0. The van der Waals surface area contributed by atoms with E-state index in [9.17, 15) is 5.26 Å². The third-order valence-corrected chi connectivity index (χ3v) is 11.9. The summed E-state index contributed by atoms with van der Waals surface area (Å²) in [6.07, 6.45) is 18.1. The lowest BCUT2D eigenvalue weighted by atomic mass is 9.84. The van der Waals surface area contributed by atoms with Crippen LogP contribution in [0.1, 0.15) is 63.7 Å². The van der Waals surface area contributed by atoms with E-state index in [0.29, 0.717) is 5.56 Å². The number of hydrogen-bond acceptors (Lipinski definition) is 2. The lowest BCUT2D eigenvalue weighted by Crippen LogP contribution is -2.31. The van der Waals surface area contributed by atoms with E-state index >= 15 is 0 Å². The lowest BCUT2D eigenvalue weighted by molar-refractivity contribution is 0.680. The number of nitriles is 1. The molecule has 0 bridgehead atoms. The highest BCUT2D eigenvalue weighted by atomic mass is 15.2. The third kappa shape index (κ3) is 4.41. The van der Waals surface area contributed by atoms with Crippen molar-refractivity contribution in [1.82, 2.24) is 9.13 Å². The van der Waals surface area contributed by atoms with Gasteiger partial charge in [0, 0.05) is 50.7 Å². The van der Waals surface area contributed by atoms with Crippen LogP contribution in [0, 0.1) is 11.3 Å². The van der Waals surface area contributed by atoms with Crippen molar-refractivity contribution in [1.29, 1.82) is 5.26 Å². The molecule has 0 fully saturated rings. The Morgan fingerprint density at radius 1 is 0.623 bits per heavy atom. The standard InChI is InChI=1S/C49H36N4/c50-31-34-30-33(24-28-42(34)53-44-19-9-4-14-37(44)38-15-5-10-20-45(38)53)32-22-25-36(26-23-32)51-46-21-11-7-17-41(46)48-47(51)29-27-40-39-16-6-8-18-43(39)52(49(40)48)35-12-2-1-3-13-35/h1-4,6-7,9-14,16-17,19-30,47-48H,5,8,15,18H2. The van der Waals surface area contributed by atoms with E-state index < -0.39 is 0 Å². The molecule has 2 aromatic heterocycles. The predicted octanol–water partition coefficient (Wildman–Crippen LogP) is 11.6. The Labute approximate surface area is 309 Å². The van der Waals surface area contributed by atoms with E-state index in [1.54, 1.807) is 0 Å². The van der Waals surface area contributed by atoms with Crippen LogP contribution in [0.3, 0.4) is 0 Å². The molecule has 5 aromatic carbocycles. The zero-order valence-corrected chi connectivity index (χ0v) is 29.3. The Hall–Kier alpha value is -6.57. The van der Waals surface area contributed by atoms with Crippen LogP contribution < -0.4 is 4.90 Å². The molecule has 0 N–H and O–H groups in total. The van der Waals surface area contributed by atoms with Gasteiger partial charge < -0.3 is 14.0 Å². The van der Waals surface area contributed by atoms with Gasteiger partial charge in [0.15, 0.2) is 0 Å². The minimum Gasteiger partial charge on any atom is -0.333 e. The van der Waals surface area contributed by atoms with Gasteiger partial charge in [0.05, 0.1) is 28.7 Å². The number of benzene rings is 5. The molecule has 252 valence electrons. The quantitative estimate of drug-likeness (QED) is 0.186. The number of aromatic nitrogens is 2. The Balaban J connectivity index is 0.983. The highest BCUT2D eigenvalue weighted by molar-refractivity contribution is 5.91. The molecular weight excluding hydrogens is 645 g/mol. The first kappa shape index (κ1) is 30.1. The van der Waals surface area contributed by atoms with Gasteiger partial charge in [0.2, 0.25) is 0 Å². The van der Waals surface area contributed by atoms with E-state index in [1.807, 2.05) is 0 Å². The van der Waals surface area contributed by atoms with E-state index in [-0.39, 0.29) is 12.0 Å². The summed E-state index contributed by atoms with van der Waals surface area (Å²) < 4.78 is 4.84. The molecule has 0 radical (unpaired) electrons. The first-order chi connectivity index (χ1) is 26.3. The van der Waals surface area contributed by atoms with Crippen molar-refractivity contribution in [3.8, 4) is 28.6 Å². The van der Waals surface area contributed by atoms with Gasteiger partial charge in [0.25, 0.3) is 0 Å². The molecule has 3 heterocycles. The minimum atomic E-state index is 0.148. The molecule has 1 aliphatic heterocycles. The number of aryl methyl sites for hydroxylation is 1. The molecule has 0 saturated carbocycles. The number of para-hydroxylation sites is 3. The fraction of sp³-hybridized carbons (Fsp3) is 0.122. The average molecular weight is 681 g/mol. The second kappa shape index (κ2) is 11.7. The zero-order chi connectivity index (χ0) is 35.0. The van der Waals surface area contributed by atoms with E-state index in [1.165, 1.54) is 61.8 Å². The summed E-state index contributed by atoms with van der Waals surface area (Å²) in [6, 6.07) is 46.4. The smallest absolute Gasteiger partial charge is 0.101 e. The topological polar surface area (TPSA) is 36.9 Å². The molecule has 0 amide bonds. The van der Waals surface area contributed by atoms with Crippen LogP contribution in [-0.2, 0) is 12.8 Å². The maximum atomic E-state index is 10.5. The van der Waals surface area contributed by atoms with Gasteiger partial charge in [-0.25, -0.2) is 0 Å². The molecule has 2 atom stereocenters. The third-order valence-electron chi connectivity index (χ3n) is 11.9. The summed E-state index contributed by atoms with van der Waals surface area (Å²) >= 11 is 0. The summed E-state index contributed by atoms with van der Waals surface area (Å²) in [5.74, 6) is 0.196. The minimum absolute atomic E-state index is 0.148. The molecule has 2 unspecified atom stereocenters. The molecule has 4 heteroatoms. The van der Waals surface area contributed by atoms with Crippen molar-refractivity contribution in [3.05, 3.63) is 184 Å². The second-order valence-corrected chi connectivity index (χ2v) is 14.6. The van der Waals surface area contributed by atoms with Gasteiger partial charge in [-0.2, -0.15) is 5.26 Å². The molecule has 7 aromatic rings. The number of fused-ring (bicyclic) bond motifs is 10. The van der Waals surface area contributed by atoms with Gasteiger partial charge in [-0.15, -0.1) is 0 Å². The van der Waals surface area contributed by atoms with Crippen LogP contribution in [0.15, 0.2) is 140 Å². The zero-order valence-electron chi connectivity index (χ0n) is 29.3. The normalized spacial score (nSPS) is 17.6. The summed E-state index contributed by atoms with van der Waals surface area (Å²) in [4.78, 5) is 2.53. The first-order valence-electron chi connectivity index (χ1n) is 18.8. The lowest BCUT2D eigenvalue weighted by Gasteiger charge is -2.32. The maximum Gasteiger partial charge on any atom is 0.101 e. The molecule has 4 aliphatic rings. The van der Waals surface area contributed by atoms with Crippen LogP contribution in [-0.4, -0.2) is 15.2 Å². The van der Waals surface area contributed by atoms with Gasteiger partial charge in [-0.1, -0.05) is 103 Å². The molecule has 0 saturated heterocycles. The van der Waals surface area contributed by atoms with Gasteiger partial charge in [-0.3, -0.25) is 0 Å². The van der Waals surface area contributed by atoms with Crippen LogP contribution in [0.25, 0.3) is 51.6 Å². The highest BCUT2D eigenvalue weighted by Gasteiger charge is 2.44. The number of allylic oxidation sites excluding steroid dienone is 2. The number of anilines is 2. The van der Waals surface area contributed by atoms with Crippen LogP contribution in [0.4, 0.5) is 11.4 Å². The van der Waals surface area contributed by atoms with Crippen molar-refractivity contribution in [2.45, 2.75) is 37.6 Å². The van der Waals surface area contributed by atoms with Crippen molar-refractivity contribution >= 4 is 40.5 Å². The maximum absolute atomic E-state index is 10.5. The Bertz CT molecular complexity index is 2750. The van der Waals surface area contributed by atoms with Crippen molar-refractivity contribution < 1.29 is 0 Å². The van der Waals surface area contributed by atoms with Crippen LogP contribution >= 0.6 is 0 Å².